The van der Waals surface area contributed by atoms with E-state index in [-0.39, 0.29) is 12.1 Å². The first-order valence-corrected chi connectivity index (χ1v) is 6.27. The number of phenols is 1. The highest BCUT2D eigenvalue weighted by Gasteiger charge is 2.27. The molecule has 0 amide bonds. The topological polar surface area (TPSA) is 52.5 Å². The van der Waals surface area contributed by atoms with Gasteiger partial charge in [0.2, 0.25) is 0 Å². The third kappa shape index (κ3) is 2.99. The number of aliphatic hydroxyl groups excluding tert-OH is 1. The van der Waals surface area contributed by atoms with Gasteiger partial charge in [0.05, 0.1) is 6.10 Å². The first-order chi connectivity index (χ1) is 8.06. The molecule has 1 aromatic carbocycles. The van der Waals surface area contributed by atoms with Crippen molar-refractivity contribution in [1.82, 2.24) is 5.32 Å². The van der Waals surface area contributed by atoms with Crippen LogP contribution in [0.4, 0.5) is 0 Å². The highest BCUT2D eigenvalue weighted by atomic mass is 16.3. The van der Waals surface area contributed by atoms with E-state index in [1.165, 1.54) is 0 Å². The van der Waals surface area contributed by atoms with Crippen molar-refractivity contribution in [3.05, 3.63) is 29.3 Å². The van der Waals surface area contributed by atoms with E-state index in [0.29, 0.717) is 11.7 Å². The van der Waals surface area contributed by atoms with Crippen LogP contribution in [0.1, 0.15) is 36.9 Å². The van der Waals surface area contributed by atoms with Crippen molar-refractivity contribution in [2.75, 3.05) is 6.54 Å². The van der Waals surface area contributed by atoms with Crippen LogP contribution in [0.25, 0.3) is 0 Å². The lowest BCUT2D eigenvalue weighted by Gasteiger charge is -2.32. The second kappa shape index (κ2) is 5.07. The molecular formula is C14H21NO2. The molecule has 1 fully saturated rings. The Hall–Kier alpha value is -1.06. The molecular weight excluding hydrogens is 214 g/mol. The molecule has 1 aliphatic rings. The first kappa shape index (κ1) is 12.4. The van der Waals surface area contributed by atoms with Gasteiger partial charge in [0.25, 0.3) is 0 Å². The van der Waals surface area contributed by atoms with Crippen LogP contribution in [0.15, 0.2) is 18.2 Å². The maximum Gasteiger partial charge on any atom is 0.120 e. The fraction of sp³-hybridized carbons (Fsp3) is 0.571. The molecule has 94 valence electrons. The normalized spacial score (nSPS) is 25.4. The number of hydrogen-bond acceptors (Lipinski definition) is 3. The van der Waals surface area contributed by atoms with Crippen LogP contribution in [-0.2, 0) is 0 Å². The van der Waals surface area contributed by atoms with E-state index >= 15 is 0 Å². The summed E-state index contributed by atoms with van der Waals surface area (Å²) in [6.45, 7) is 4.93. The summed E-state index contributed by atoms with van der Waals surface area (Å²) < 4.78 is 0. The second-order valence-electron chi connectivity index (χ2n) is 5.18. The molecule has 1 unspecified atom stereocenters. The molecule has 3 heteroatoms. The van der Waals surface area contributed by atoms with Gasteiger partial charge in [0, 0.05) is 11.6 Å². The van der Waals surface area contributed by atoms with Crippen molar-refractivity contribution in [3.8, 4) is 5.75 Å². The van der Waals surface area contributed by atoms with Gasteiger partial charge in [-0.05, 0) is 50.8 Å². The molecule has 1 aromatic rings. The summed E-state index contributed by atoms with van der Waals surface area (Å²) in [5.41, 5.74) is 2.01. The van der Waals surface area contributed by atoms with Crippen LogP contribution in [-0.4, -0.2) is 22.9 Å². The molecule has 17 heavy (non-hydrogen) atoms. The van der Waals surface area contributed by atoms with E-state index in [0.717, 1.165) is 30.5 Å². The zero-order valence-corrected chi connectivity index (χ0v) is 10.5. The first-order valence-electron chi connectivity index (χ1n) is 6.27. The van der Waals surface area contributed by atoms with E-state index in [1.807, 2.05) is 19.1 Å². The van der Waals surface area contributed by atoms with Gasteiger partial charge in [-0.2, -0.15) is 0 Å². The van der Waals surface area contributed by atoms with Gasteiger partial charge in [0.1, 0.15) is 5.75 Å². The fourth-order valence-electron chi connectivity index (χ4n) is 2.34. The van der Waals surface area contributed by atoms with Crippen LogP contribution in [0.2, 0.25) is 0 Å². The van der Waals surface area contributed by atoms with Gasteiger partial charge >= 0.3 is 0 Å². The minimum absolute atomic E-state index is 0.0927. The molecule has 1 saturated carbocycles. The molecule has 0 bridgehead atoms. The number of aryl methyl sites for hydroxylation is 1. The summed E-state index contributed by atoms with van der Waals surface area (Å²) >= 11 is 0. The minimum Gasteiger partial charge on any atom is -0.508 e. The predicted molar refractivity (Wildman–Crippen MR) is 68.0 cm³/mol. The van der Waals surface area contributed by atoms with Crippen molar-refractivity contribution >= 4 is 0 Å². The molecule has 0 radical (unpaired) electrons. The molecule has 1 aliphatic carbocycles. The van der Waals surface area contributed by atoms with Crippen LogP contribution >= 0.6 is 0 Å². The molecule has 0 aromatic heterocycles. The number of phenolic OH excluding ortho intramolecular Hbond substituents is 1. The number of hydrogen-bond donors (Lipinski definition) is 3. The van der Waals surface area contributed by atoms with E-state index in [4.69, 9.17) is 0 Å². The number of nitrogens with one attached hydrogen (secondary N) is 1. The quantitative estimate of drug-likeness (QED) is 0.749. The Labute approximate surface area is 102 Å². The molecule has 0 heterocycles. The van der Waals surface area contributed by atoms with Gasteiger partial charge in [-0.1, -0.05) is 12.1 Å². The van der Waals surface area contributed by atoms with E-state index in [2.05, 4.69) is 12.2 Å². The monoisotopic (exact) mass is 235 g/mol. The fourth-order valence-corrected chi connectivity index (χ4v) is 2.34. The number of benzene rings is 1. The van der Waals surface area contributed by atoms with Crippen molar-refractivity contribution in [3.63, 3.8) is 0 Å². The van der Waals surface area contributed by atoms with Crippen LogP contribution < -0.4 is 5.32 Å². The Balaban J connectivity index is 1.88. The van der Waals surface area contributed by atoms with Crippen LogP contribution in [0.3, 0.4) is 0 Å². The molecule has 0 saturated heterocycles. The molecule has 0 aliphatic heterocycles. The van der Waals surface area contributed by atoms with Crippen molar-refractivity contribution in [1.29, 1.82) is 0 Å². The number of rotatable bonds is 4. The molecule has 3 N–H and O–H groups in total. The molecule has 2 rings (SSSR count). The summed E-state index contributed by atoms with van der Waals surface area (Å²) in [7, 11) is 0. The molecule has 3 nitrogen and oxygen atoms in total. The van der Waals surface area contributed by atoms with Crippen LogP contribution in [0, 0.1) is 12.8 Å². The molecule has 1 atom stereocenters. The lowest BCUT2D eigenvalue weighted by Crippen LogP contribution is -2.36. The maximum atomic E-state index is 9.86. The Bertz CT molecular complexity index is 386. The Kier molecular flexibility index (Phi) is 3.69. The Morgan fingerprint density at radius 3 is 2.71 bits per heavy atom. The lowest BCUT2D eigenvalue weighted by molar-refractivity contribution is 0.0420. The largest absolute Gasteiger partial charge is 0.508 e. The average Bonchev–Trinajstić information content (AvgIpc) is 2.22. The lowest BCUT2D eigenvalue weighted by atomic mass is 9.82. The van der Waals surface area contributed by atoms with Crippen LogP contribution in [0.5, 0.6) is 5.75 Å². The highest BCUT2D eigenvalue weighted by Crippen LogP contribution is 2.28. The van der Waals surface area contributed by atoms with E-state index in [9.17, 15) is 10.2 Å². The molecule has 0 spiro atoms. The minimum atomic E-state index is -0.0927. The average molecular weight is 235 g/mol. The third-order valence-electron chi connectivity index (χ3n) is 3.58. The predicted octanol–water partition coefficient (Wildman–Crippen LogP) is 2.12. The van der Waals surface area contributed by atoms with Gasteiger partial charge in [-0.3, -0.25) is 0 Å². The highest BCUT2D eigenvalue weighted by molar-refractivity contribution is 5.37. The van der Waals surface area contributed by atoms with E-state index in [1.54, 1.807) is 6.07 Å². The SMILES string of the molecule is Cc1ccc(C(C)NCC2CC(O)C2)c(O)c1. The van der Waals surface area contributed by atoms with Gasteiger partial charge in [-0.25, -0.2) is 0 Å². The van der Waals surface area contributed by atoms with Gasteiger partial charge < -0.3 is 15.5 Å². The zero-order chi connectivity index (χ0) is 12.4. The summed E-state index contributed by atoms with van der Waals surface area (Å²) in [6.07, 6.45) is 1.71. The van der Waals surface area contributed by atoms with Gasteiger partial charge in [-0.15, -0.1) is 0 Å². The maximum absolute atomic E-state index is 9.86. The second-order valence-corrected chi connectivity index (χ2v) is 5.18. The van der Waals surface area contributed by atoms with E-state index < -0.39 is 0 Å². The third-order valence-corrected chi connectivity index (χ3v) is 3.58. The number of aromatic hydroxyl groups is 1. The summed E-state index contributed by atoms with van der Waals surface area (Å²) in [5, 5.41) is 22.5. The van der Waals surface area contributed by atoms with Crippen molar-refractivity contribution in [2.24, 2.45) is 5.92 Å². The summed E-state index contributed by atoms with van der Waals surface area (Å²) in [4.78, 5) is 0. The Morgan fingerprint density at radius 1 is 1.41 bits per heavy atom. The summed E-state index contributed by atoms with van der Waals surface area (Å²) in [6, 6.07) is 5.92. The smallest absolute Gasteiger partial charge is 0.120 e. The van der Waals surface area contributed by atoms with Crippen molar-refractivity contribution in [2.45, 2.75) is 38.8 Å². The van der Waals surface area contributed by atoms with Gasteiger partial charge in [0.15, 0.2) is 0 Å². The summed E-state index contributed by atoms with van der Waals surface area (Å²) in [5.74, 6) is 0.943. The standard InChI is InChI=1S/C14H21NO2/c1-9-3-4-13(14(17)5-9)10(2)15-8-11-6-12(16)7-11/h3-5,10-12,15-17H,6-8H2,1-2H3. The van der Waals surface area contributed by atoms with Crippen molar-refractivity contribution < 1.29 is 10.2 Å². The Morgan fingerprint density at radius 2 is 2.12 bits per heavy atom. The zero-order valence-electron chi connectivity index (χ0n) is 10.5. The number of aliphatic hydroxyl groups is 1.